The second kappa shape index (κ2) is 6.63. The van der Waals surface area contributed by atoms with Crippen LogP contribution in [0.2, 0.25) is 0 Å². The number of fused-ring (bicyclic) bond motifs is 1. The lowest BCUT2D eigenvalue weighted by Crippen LogP contribution is -2.23. The molecule has 4 rings (SSSR count). The Kier molecular flexibility index (Phi) is 4.16. The number of nitrogens with one attached hydrogen (secondary N) is 2. The Hall–Kier alpha value is -3.15. The Bertz CT molecular complexity index is 950. The van der Waals surface area contributed by atoms with Gasteiger partial charge in [-0.2, -0.15) is 5.10 Å². The molecule has 2 N–H and O–H groups in total. The SMILES string of the molecule is Cc1[nH]nc2c1[C@H](c1ccc(OCc3ccccc3F)cc1)CC(=O)N2. The molecule has 0 unspecified atom stereocenters. The van der Waals surface area contributed by atoms with Crippen molar-refractivity contribution >= 4 is 11.7 Å². The minimum absolute atomic E-state index is 0.0434. The third-order valence-corrected chi connectivity index (χ3v) is 4.62. The largest absolute Gasteiger partial charge is 0.489 e. The quantitative estimate of drug-likeness (QED) is 0.749. The molecule has 0 aliphatic carbocycles. The number of carbonyl (C=O) groups excluding carboxylic acids is 1. The van der Waals surface area contributed by atoms with Gasteiger partial charge in [-0.1, -0.05) is 30.3 Å². The van der Waals surface area contributed by atoms with E-state index in [1.165, 1.54) is 6.07 Å². The summed E-state index contributed by atoms with van der Waals surface area (Å²) in [6, 6.07) is 14.1. The third kappa shape index (κ3) is 3.06. The molecule has 1 aliphatic heterocycles. The van der Waals surface area contributed by atoms with Gasteiger partial charge in [-0.25, -0.2) is 4.39 Å². The summed E-state index contributed by atoms with van der Waals surface area (Å²) in [5.41, 5.74) is 3.50. The summed E-state index contributed by atoms with van der Waals surface area (Å²) in [7, 11) is 0. The minimum Gasteiger partial charge on any atom is -0.489 e. The van der Waals surface area contributed by atoms with Gasteiger partial charge in [-0.3, -0.25) is 9.89 Å². The molecule has 0 bridgehead atoms. The molecule has 0 saturated heterocycles. The summed E-state index contributed by atoms with van der Waals surface area (Å²) in [5, 5.41) is 9.88. The molecular formula is C20H18FN3O2. The predicted molar refractivity (Wildman–Crippen MR) is 95.6 cm³/mol. The fourth-order valence-corrected chi connectivity index (χ4v) is 3.29. The summed E-state index contributed by atoms with van der Waals surface area (Å²) < 4.78 is 19.3. The van der Waals surface area contributed by atoms with Gasteiger partial charge in [-0.05, 0) is 30.7 Å². The van der Waals surface area contributed by atoms with Gasteiger partial charge in [0.15, 0.2) is 5.82 Å². The number of aryl methyl sites for hydroxylation is 1. The Morgan fingerprint density at radius 2 is 1.96 bits per heavy atom. The van der Waals surface area contributed by atoms with E-state index in [1.807, 2.05) is 31.2 Å². The van der Waals surface area contributed by atoms with Gasteiger partial charge >= 0.3 is 0 Å². The Balaban J connectivity index is 1.52. The van der Waals surface area contributed by atoms with E-state index in [4.69, 9.17) is 4.74 Å². The molecule has 6 heteroatoms. The lowest BCUT2D eigenvalue weighted by atomic mass is 9.86. The first-order valence-electron chi connectivity index (χ1n) is 8.42. The van der Waals surface area contributed by atoms with Crippen molar-refractivity contribution in [1.29, 1.82) is 0 Å². The first-order chi connectivity index (χ1) is 12.6. The molecule has 2 aromatic carbocycles. The molecule has 26 heavy (non-hydrogen) atoms. The molecule has 3 aromatic rings. The van der Waals surface area contributed by atoms with E-state index < -0.39 is 0 Å². The van der Waals surface area contributed by atoms with Crippen LogP contribution in [0.5, 0.6) is 5.75 Å². The fraction of sp³-hybridized carbons (Fsp3) is 0.200. The molecule has 1 aliphatic rings. The van der Waals surface area contributed by atoms with Crippen LogP contribution in [0.3, 0.4) is 0 Å². The standard InChI is InChI=1S/C20H18FN3O2/c1-12-19-16(10-18(25)22-20(19)24-23-12)13-6-8-15(9-7-13)26-11-14-4-2-3-5-17(14)21/h2-9,16H,10-11H2,1H3,(H2,22,23,24,25)/t16-/m0/s1. The molecule has 0 fully saturated rings. The fourth-order valence-electron chi connectivity index (χ4n) is 3.29. The Labute approximate surface area is 150 Å². The van der Waals surface area contributed by atoms with Crippen LogP contribution in [0.25, 0.3) is 0 Å². The van der Waals surface area contributed by atoms with Crippen molar-refractivity contribution in [2.45, 2.75) is 25.9 Å². The van der Waals surface area contributed by atoms with Gasteiger partial charge in [0.2, 0.25) is 5.91 Å². The van der Waals surface area contributed by atoms with E-state index >= 15 is 0 Å². The van der Waals surface area contributed by atoms with E-state index in [2.05, 4.69) is 15.5 Å². The van der Waals surface area contributed by atoms with Crippen LogP contribution in [-0.2, 0) is 11.4 Å². The lowest BCUT2D eigenvalue weighted by molar-refractivity contribution is -0.116. The third-order valence-electron chi connectivity index (χ3n) is 4.62. The van der Waals surface area contributed by atoms with Gasteiger partial charge < -0.3 is 10.1 Å². The molecule has 0 spiro atoms. The molecule has 0 radical (unpaired) electrons. The van der Waals surface area contributed by atoms with Gasteiger partial charge in [-0.15, -0.1) is 0 Å². The van der Waals surface area contributed by atoms with Crippen LogP contribution < -0.4 is 10.1 Å². The van der Waals surface area contributed by atoms with E-state index in [-0.39, 0.29) is 24.2 Å². The molecule has 1 amide bonds. The monoisotopic (exact) mass is 351 g/mol. The maximum absolute atomic E-state index is 13.7. The topological polar surface area (TPSA) is 67.0 Å². The lowest BCUT2D eigenvalue weighted by Gasteiger charge is -2.23. The summed E-state index contributed by atoms with van der Waals surface area (Å²) in [6.07, 6.45) is 0.378. The van der Waals surface area contributed by atoms with Crippen LogP contribution in [0.1, 0.15) is 34.7 Å². The van der Waals surface area contributed by atoms with Gasteiger partial charge in [0.25, 0.3) is 0 Å². The number of nitrogens with zero attached hydrogens (tertiary/aromatic N) is 1. The number of hydrogen-bond acceptors (Lipinski definition) is 3. The number of amides is 1. The molecule has 2 heterocycles. The Morgan fingerprint density at radius 1 is 1.19 bits per heavy atom. The second-order valence-corrected chi connectivity index (χ2v) is 6.36. The maximum atomic E-state index is 13.7. The maximum Gasteiger partial charge on any atom is 0.226 e. The zero-order chi connectivity index (χ0) is 18.1. The van der Waals surface area contributed by atoms with Crippen molar-refractivity contribution in [3.05, 3.63) is 76.7 Å². The highest BCUT2D eigenvalue weighted by Gasteiger charge is 2.30. The number of hydrogen-bond donors (Lipinski definition) is 2. The van der Waals surface area contributed by atoms with Gasteiger partial charge in [0.1, 0.15) is 18.2 Å². The highest BCUT2D eigenvalue weighted by Crippen LogP contribution is 2.38. The molecular weight excluding hydrogens is 333 g/mol. The smallest absolute Gasteiger partial charge is 0.226 e. The van der Waals surface area contributed by atoms with Crippen LogP contribution in [-0.4, -0.2) is 16.1 Å². The number of aromatic amines is 1. The zero-order valence-electron chi connectivity index (χ0n) is 14.3. The number of benzene rings is 2. The van der Waals surface area contributed by atoms with Crippen LogP contribution in [0, 0.1) is 12.7 Å². The van der Waals surface area contributed by atoms with E-state index in [0.29, 0.717) is 23.6 Å². The highest BCUT2D eigenvalue weighted by molar-refractivity contribution is 5.94. The first-order valence-corrected chi connectivity index (χ1v) is 8.42. The molecule has 132 valence electrons. The van der Waals surface area contributed by atoms with Crippen LogP contribution >= 0.6 is 0 Å². The second-order valence-electron chi connectivity index (χ2n) is 6.36. The normalized spacial score (nSPS) is 16.1. The number of anilines is 1. The van der Waals surface area contributed by atoms with Gasteiger partial charge in [0.05, 0.1) is 0 Å². The number of ether oxygens (including phenoxy) is 1. The number of aromatic nitrogens is 2. The van der Waals surface area contributed by atoms with Crippen molar-refractivity contribution in [3.63, 3.8) is 0 Å². The Morgan fingerprint density at radius 3 is 2.73 bits per heavy atom. The average Bonchev–Trinajstić information content (AvgIpc) is 3.01. The summed E-state index contributed by atoms with van der Waals surface area (Å²) >= 11 is 0. The first kappa shape index (κ1) is 16.3. The van der Waals surface area contributed by atoms with Crippen molar-refractivity contribution in [2.24, 2.45) is 0 Å². The van der Waals surface area contributed by atoms with Crippen molar-refractivity contribution in [2.75, 3.05) is 5.32 Å². The van der Waals surface area contributed by atoms with Crippen molar-refractivity contribution < 1.29 is 13.9 Å². The van der Waals surface area contributed by atoms with E-state index in [1.54, 1.807) is 18.2 Å². The van der Waals surface area contributed by atoms with Crippen molar-refractivity contribution in [3.8, 4) is 5.75 Å². The molecule has 5 nitrogen and oxygen atoms in total. The van der Waals surface area contributed by atoms with E-state index in [0.717, 1.165) is 16.8 Å². The number of rotatable bonds is 4. The predicted octanol–water partition coefficient (Wildman–Crippen LogP) is 3.91. The molecule has 1 atom stereocenters. The van der Waals surface area contributed by atoms with E-state index in [9.17, 15) is 9.18 Å². The molecule has 1 aromatic heterocycles. The number of carbonyl (C=O) groups is 1. The minimum atomic E-state index is -0.277. The van der Waals surface area contributed by atoms with Crippen LogP contribution in [0.15, 0.2) is 48.5 Å². The zero-order valence-corrected chi connectivity index (χ0v) is 14.3. The summed E-state index contributed by atoms with van der Waals surface area (Å²) in [6.45, 7) is 2.12. The van der Waals surface area contributed by atoms with Crippen molar-refractivity contribution in [1.82, 2.24) is 10.2 Å². The highest BCUT2D eigenvalue weighted by atomic mass is 19.1. The molecule has 0 saturated carbocycles. The number of H-pyrrole nitrogens is 1. The van der Waals surface area contributed by atoms with Crippen LogP contribution in [0.4, 0.5) is 10.2 Å². The number of halogens is 1. The average molecular weight is 351 g/mol. The summed E-state index contributed by atoms with van der Waals surface area (Å²) in [4.78, 5) is 12.0. The van der Waals surface area contributed by atoms with Gasteiger partial charge in [0, 0.05) is 29.2 Å². The summed E-state index contributed by atoms with van der Waals surface area (Å²) in [5.74, 6) is 0.886.